The Morgan fingerprint density at radius 3 is 2.48 bits per heavy atom. The molecular weight excluding hydrogens is 265 g/mol. The Hall–Kier alpha value is -1.87. The van der Waals surface area contributed by atoms with Crippen molar-refractivity contribution in [2.45, 2.75) is 26.8 Å². The van der Waals surface area contributed by atoms with Crippen LogP contribution in [0.4, 0.5) is 4.39 Å². The van der Waals surface area contributed by atoms with Crippen molar-refractivity contribution in [3.8, 4) is 16.9 Å². The second-order valence-electron chi connectivity index (χ2n) is 5.17. The van der Waals surface area contributed by atoms with Crippen molar-refractivity contribution in [3.63, 3.8) is 0 Å². The second kappa shape index (κ2) is 7.23. The summed E-state index contributed by atoms with van der Waals surface area (Å²) in [4.78, 5) is 0. The highest BCUT2D eigenvalue weighted by atomic mass is 19.1. The van der Waals surface area contributed by atoms with Gasteiger partial charge in [0.25, 0.3) is 0 Å². The van der Waals surface area contributed by atoms with Gasteiger partial charge < -0.3 is 10.1 Å². The topological polar surface area (TPSA) is 21.3 Å². The number of methoxy groups -OCH3 is 1. The lowest BCUT2D eigenvalue weighted by Crippen LogP contribution is -2.14. The van der Waals surface area contributed by atoms with Gasteiger partial charge in [-0.15, -0.1) is 0 Å². The number of aryl methyl sites for hydroxylation is 1. The summed E-state index contributed by atoms with van der Waals surface area (Å²) in [6, 6.07) is 11.3. The third-order valence-corrected chi connectivity index (χ3v) is 3.51. The van der Waals surface area contributed by atoms with Crippen molar-refractivity contribution in [3.05, 3.63) is 53.3 Å². The number of ether oxygens (including phenoxy) is 1. The van der Waals surface area contributed by atoms with Crippen LogP contribution in [0.5, 0.6) is 5.75 Å². The molecule has 2 aromatic rings. The maximum absolute atomic E-state index is 13.4. The molecule has 0 aromatic heterocycles. The molecule has 0 radical (unpaired) electrons. The molecule has 2 nitrogen and oxygen atoms in total. The predicted molar refractivity (Wildman–Crippen MR) is 85.1 cm³/mol. The molecule has 0 aliphatic heterocycles. The maximum atomic E-state index is 13.4. The van der Waals surface area contributed by atoms with Crippen molar-refractivity contribution in [2.24, 2.45) is 0 Å². The average molecular weight is 287 g/mol. The van der Waals surface area contributed by atoms with Crippen molar-refractivity contribution < 1.29 is 9.13 Å². The largest absolute Gasteiger partial charge is 0.496 e. The standard InChI is InChI=1S/C18H22FNO/c1-4-9-20-12-16-11-15(6-8-18(16)21-3)14-5-7-17(19)13(2)10-14/h5-8,10-11,20H,4,9,12H2,1-3H3. The summed E-state index contributed by atoms with van der Waals surface area (Å²) in [5.41, 5.74) is 3.87. The summed E-state index contributed by atoms with van der Waals surface area (Å²) in [5.74, 6) is 0.707. The van der Waals surface area contributed by atoms with E-state index in [1.165, 1.54) is 6.07 Å². The van der Waals surface area contributed by atoms with Gasteiger partial charge in [0.05, 0.1) is 7.11 Å². The van der Waals surface area contributed by atoms with E-state index in [1.54, 1.807) is 14.0 Å². The van der Waals surface area contributed by atoms with E-state index < -0.39 is 0 Å². The molecule has 0 atom stereocenters. The van der Waals surface area contributed by atoms with Crippen LogP contribution >= 0.6 is 0 Å². The van der Waals surface area contributed by atoms with Crippen LogP contribution in [0.25, 0.3) is 11.1 Å². The molecule has 0 fully saturated rings. The minimum absolute atomic E-state index is 0.169. The number of rotatable bonds is 6. The first kappa shape index (κ1) is 15.5. The fraction of sp³-hybridized carbons (Fsp3) is 0.333. The maximum Gasteiger partial charge on any atom is 0.126 e. The molecule has 2 rings (SSSR count). The SMILES string of the molecule is CCCNCc1cc(-c2ccc(F)c(C)c2)ccc1OC. The molecule has 0 aliphatic rings. The first-order valence-corrected chi connectivity index (χ1v) is 7.30. The van der Waals surface area contributed by atoms with Crippen molar-refractivity contribution >= 4 is 0 Å². The zero-order chi connectivity index (χ0) is 15.2. The molecular formula is C18H22FNO. The predicted octanol–water partition coefficient (Wildman–Crippen LogP) is 4.31. The number of hydrogen-bond donors (Lipinski definition) is 1. The van der Waals surface area contributed by atoms with Gasteiger partial charge in [0.1, 0.15) is 11.6 Å². The fourth-order valence-electron chi connectivity index (χ4n) is 2.32. The highest BCUT2D eigenvalue weighted by molar-refractivity contribution is 5.66. The molecule has 0 heterocycles. The molecule has 0 bridgehead atoms. The van der Waals surface area contributed by atoms with E-state index >= 15 is 0 Å². The van der Waals surface area contributed by atoms with Gasteiger partial charge in [0.15, 0.2) is 0 Å². The summed E-state index contributed by atoms with van der Waals surface area (Å²) in [7, 11) is 1.68. The lowest BCUT2D eigenvalue weighted by Gasteiger charge is -2.12. The Bertz CT molecular complexity index is 610. The summed E-state index contributed by atoms with van der Waals surface area (Å²) < 4.78 is 18.8. The first-order chi connectivity index (χ1) is 10.2. The van der Waals surface area contributed by atoms with Crippen LogP contribution in [-0.4, -0.2) is 13.7 Å². The van der Waals surface area contributed by atoms with E-state index in [0.717, 1.165) is 42.0 Å². The van der Waals surface area contributed by atoms with E-state index in [0.29, 0.717) is 5.56 Å². The van der Waals surface area contributed by atoms with Crippen molar-refractivity contribution in [1.29, 1.82) is 0 Å². The van der Waals surface area contributed by atoms with Gasteiger partial charge in [-0.3, -0.25) is 0 Å². The van der Waals surface area contributed by atoms with Gasteiger partial charge >= 0.3 is 0 Å². The second-order valence-corrected chi connectivity index (χ2v) is 5.17. The number of nitrogens with one attached hydrogen (secondary N) is 1. The zero-order valence-electron chi connectivity index (χ0n) is 12.9. The van der Waals surface area contributed by atoms with E-state index in [2.05, 4.69) is 18.3 Å². The van der Waals surface area contributed by atoms with Crippen LogP contribution in [0.1, 0.15) is 24.5 Å². The van der Waals surface area contributed by atoms with E-state index in [9.17, 15) is 4.39 Å². The molecule has 3 heteroatoms. The van der Waals surface area contributed by atoms with Gasteiger partial charge in [0.2, 0.25) is 0 Å². The van der Waals surface area contributed by atoms with Crippen LogP contribution in [0.15, 0.2) is 36.4 Å². The number of halogens is 1. The third-order valence-electron chi connectivity index (χ3n) is 3.51. The highest BCUT2D eigenvalue weighted by Crippen LogP contribution is 2.27. The fourth-order valence-corrected chi connectivity index (χ4v) is 2.32. The summed E-state index contributed by atoms with van der Waals surface area (Å²) in [6.45, 7) is 5.67. The molecule has 2 aromatic carbocycles. The Balaban J connectivity index is 2.31. The molecule has 0 unspecified atom stereocenters. The lowest BCUT2D eigenvalue weighted by molar-refractivity contribution is 0.408. The van der Waals surface area contributed by atoms with E-state index in [-0.39, 0.29) is 5.82 Å². The molecule has 0 aliphatic carbocycles. The van der Waals surface area contributed by atoms with Gasteiger partial charge in [-0.25, -0.2) is 4.39 Å². The van der Waals surface area contributed by atoms with Crippen LogP contribution in [0.2, 0.25) is 0 Å². The van der Waals surface area contributed by atoms with Crippen LogP contribution in [-0.2, 0) is 6.54 Å². The zero-order valence-corrected chi connectivity index (χ0v) is 12.9. The Morgan fingerprint density at radius 2 is 1.81 bits per heavy atom. The van der Waals surface area contributed by atoms with Crippen LogP contribution in [0, 0.1) is 12.7 Å². The van der Waals surface area contributed by atoms with Gasteiger partial charge in [-0.05, 0) is 60.8 Å². The average Bonchev–Trinajstić information content (AvgIpc) is 2.50. The summed E-state index contributed by atoms with van der Waals surface area (Å²) in [6.07, 6.45) is 1.10. The molecule has 112 valence electrons. The summed E-state index contributed by atoms with van der Waals surface area (Å²) >= 11 is 0. The van der Waals surface area contributed by atoms with Crippen LogP contribution in [0.3, 0.4) is 0 Å². The monoisotopic (exact) mass is 287 g/mol. The normalized spacial score (nSPS) is 10.7. The van der Waals surface area contributed by atoms with Gasteiger partial charge in [-0.2, -0.15) is 0 Å². The molecule has 21 heavy (non-hydrogen) atoms. The first-order valence-electron chi connectivity index (χ1n) is 7.30. The van der Waals surface area contributed by atoms with Crippen LogP contribution < -0.4 is 10.1 Å². The van der Waals surface area contributed by atoms with E-state index in [4.69, 9.17) is 4.74 Å². The Morgan fingerprint density at radius 1 is 1.10 bits per heavy atom. The number of benzene rings is 2. The number of hydrogen-bond acceptors (Lipinski definition) is 2. The third kappa shape index (κ3) is 3.82. The molecule has 0 spiro atoms. The smallest absolute Gasteiger partial charge is 0.126 e. The Labute approximate surface area is 126 Å². The highest BCUT2D eigenvalue weighted by Gasteiger charge is 2.07. The minimum atomic E-state index is -0.169. The lowest BCUT2D eigenvalue weighted by atomic mass is 10.0. The van der Waals surface area contributed by atoms with Gasteiger partial charge in [0, 0.05) is 12.1 Å². The van der Waals surface area contributed by atoms with E-state index in [1.807, 2.05) is 24.3 Å². The summed E-state index contributed by atoms with van der Waals surface area (Å²) in [5, 5.41) is 3.39. The molecule has 0 saturated heterocycles. The van der Waals surface area contributed by atoms with Gasteiger partial charge in [-0.1, -0.05) is 19.1 Å². The van der Waals surface area contributed by atoms with Crippen molar-refractivity contribution in [1.82, 2.24) is 5.32 Å². The molecule has 0 saturated carbocycles. The minimum Gasteiger partial charge on any atom is -0.496 e. The van der Waals surface area contributed by atoms with Crippen molar-refractivity contribution in [2.75, 3.05) is 13.7 Å². The molecule has 0 amide bonds. The quantitative estimate of drug-likeness (QED) is 0.799. The Kier molecular flexibility index (Phi) is 5.34. The molecule has 1 N–H and O–H groups in total.